The summed E-state index contributed by atoms with van der Waals surface area (Å²) >= 11 is 0. The Kier molecular flexibility index (Phi) is 6.05. The molecule has 0 unspecified atom stereocenters. The minimum absolute atomic E-state index is 0. The molecule has 2 aromatic rings. The van der Waals surface area contributed by atoms with Crippen molar-refractivity contribution in [3.05, 3.63) is 69.8 Å². The predicted octanol–water partition coefficient (Wildman–Crippen LogP) is 3.37. The minimum atomic E-state index is -0.668. The van der Waals surface area contributed by atoms with Gasteiger partial charge >= 0.3 is 0 Å². The van der Waals surface area contributed by atoms with E-state index in [1.807, 2.05) is 56.3 Å². The maximum atomic E-state index is 10.9. The van der Waals surface area contributed by atoms with E-state index in [1.165, 1.54) is 12.1 Å². The molecule has 0 fully saturated rings. The van der Waals surface area contributed by atoms with Crippen LogP contribution >= 0.6 is 12.4 Å². The van der Waals surface area contributed by atoms with Gasteiger partial charge in [0.15, 0.2) is 0 Å². The van der Waals surface area contributed by atoms with Gasteiger partial charge in [0.2, 0.25) is 11.9 Å². The topological polar surface area (TPSA) is 123 Å². The standard InChI is InChI=1S/C19H20N6O2.ClH/c1-19(2)23-17(20)22-18(21)24(19)15-7-3-5-13(11-15)9-10-14-6-4-8-16(12-14)25(26)27;/h3-12H,1-2H3,(H4,20,21,22,23);1H. The van der Waals surface area contributed by atoms with Crippen molar-refractivity contribution in [3.8, 4) is 0 Å². The molecule has 0 spiro atoms. The van der Waals surface area contributed by atoms with Gasteiger partial charge in [0, 0.05) is 17.8 Å². The second-order valence-corrected chi connectivity index (χ2v) is 6.55. The normalized spacial score (nSPS) is 15.6. The predicted molar refractivity (Wildman–Crippen MR) is 116 cm³/mol. The molecule has 0 bridgehead atoms. The Hall–Kier alpha value is -3.39. The van der Waals surface area contributed by atoms with Crippen LogP contribution in [0.2, 0.25) is 0 Å². The summed E-state index contributed by atoms with van der Waals surface area (Å²) in [5, 5.41) is 10.9. The van der Waals surface area contributed by atoms with Crippen LogP contribution in [0.3, 0.4) is 0 Å². The zero-order valence-electron chi connectivity index (χ0n) is 15.4. The highest BCUT2D eigenvalue weighted by atomic mass is 35.5. The first-order valence-electron chi connectivity index (χ1n) is 8.28. The molecule has 146 valence electrons. The van der Waals surface area contributed by atoms with Crippen LogP contribution < -0.4 is 16.4 Å². The Balaban J connectivity index is 0.00000280. The fraction of sp³-hybridized carbons (Fsp3) is 0.158. The third kappa shape index (κ3) is 4.47. The van der Waals surface area contributed by atoms with Crippen LogP contribution in [0, 0.1) is 10.1 Å². The summed E-state index contributed by atoms with van der Waals surface area (Å²) in [5.41, 5.74) is 13.6. The number of nitro groups is 1. The number of nitrogens with two attached hydrogens (primary N) is 2. The maximum Gasteiger partial charge on any atom is 0.270 e. The van der Waals surface area contributed by atoms with Gasteiger partial charge in [0.25, 0.3) is 5.69 Å². The van der Waals surface area contributed by atoms with Crippen molar-refractivity contribution >= 4 is 47.9 Å². The molecule has 0 atom stereocenters. The number of rotatable bonds is 4. The molecule has 0 radical (unpaired) electrons. The Morgan fingerprint density at radius 2 is 1.68 bits per heavy atom. The molecule has 1 heterocycles. The molecular formula is C19H21ClN6O2. The number of non-ortho nitro benzene ring substituents is 1. The molecule has 0 aliphatic carbocycles. The van der Waals surface area contributed by atoms with Crippen molar-refractivity contribution in [2.75, 3.05) is 4.90 Å². The lowest BCUT2D eigenvalue weighted by Gasteiger charge is -2.38. The number of benzene rings is 2. The van der Waals surface area contributed by atoms with E-state index >= 15 is 0 Å². The first kappa shape index (κ1) is 20.9. The highest BCUT2D eigenvalue weighted by molar-refractivity contribution is 6.05. The number of halogens is 1. The number of nitrogens with zero attached hydrogens (tertiary/aromatic N) is 4. The average Bonchev–Trinajstić information content (AvgIpc) is 2.59. The highest BCUT2D eigenvalue weighted by Crippen LogP contribution is 2.28. The van der Waals surface area contributed by atoms with E-state index in [0.717, 1.165) is 16.8 Å². The van der Waals surface area contributed by atoms with E-state index in [4.69, 9.17) is 11.5 Å². The summed E-state index contributed by atoms with van der Waals surface area (Å²) in [5.74, 6) is 0.419. The summed E-state index contributed by atoms with van der Waals surface area (Å²) in [7, 11) is 0. The Labute approximate surface area is 168 Å². The summed E-state index contributed by atoms with van der Waals surface area (Å²) in [4.78, 5) is 20.7. The molecule has 0 saturated heterocycles. The van der Waals surface area contributed by atoms with Crippen molar-refractivity contribution in [3.63, 3.8) is 0 Å². The highest BCUT2D eigenvalue weighted by Gasteiger charge is 2.32. The van der Waals surface area contributed by atoms with Crippen molar-refractivity contribution in [2.45, 2.75) is 19.5 Å². The molecule has 0 saturated carbocycles. The summed E-state index contributed by atoms with van der Waals surface area (Å²) in [6, 6.07) is 14.1. The fourth-order valence-electron chi connectivity index (χ4n) is 2.95. The Morgan fingerprint density at radius 1 is 1.07 bits per heavy atom. The van der Waals surface area contributed by atoms with Crippen LogP contribution in [0.4, 0.5) is 11.4 Å². The van der Waals surface area contributed by atoms with Crippen LogP contribution in [-0.4, -0.2) is 22.5 Å². The SMILES string of the molecule is CC1(C)N=C(N)N=C(N)N1c1cccc(C=Cc2cccc([N+](=O)[O-])c2)c1.Cl. The van der Waals surface area contributed by atoms with Gasteiger partial charge in [-0.3, -0.25) is 15.0 Å². The van der Waals surface area contributed by atoms with E-state index in [9.17, 15) is 10.1 Å². The maximum absolute atomic E-state index is 10.9. The van der Waals surface area contributed by atoms with Gasteiger partial charge in [0.1, 0.15) is 5.66 Å². The Bertz CT molecular complexity index is 984. The monoisotopic (exact) mass is 400 g/mol. The van der Waals surface area contributed by atoms with Gasteiger partial charge in [0.05, 0.1) is 4.92 Å². The van der Waals surface area contributed by atoms with E-state index < -0.39 is 10.6 Å². The third-order valence-electron chi connectivity index (χ3n) is 4.07. The number of nitro benzene ring substituents is 1. The van der Waals surface area contributed by atoms with E-state index in [0.29, 0.717) is 0 Å². The number of guanidine groups is 2. The molecule has 0 amide bonds. The zero-order valence-corrected chi connectivity index (χ0v) is 16.3. The lowest BCUT2D eigenvalue weighted by atomic mass is 10.1. The van der Waals surface area contributed by atoms with Gasteiger partial charge in [-0.05, 0) is 37.1 Å². The summed E-state index contributed by atoms with van der Waals surface area (Å²) in [6.45, 7) is 3.79. The van der Waals surface area contributed by atoms with Crippen molar-refractivity contribution in [1.82, 2.24) is 0 Å². The van der Waals surface area contributed by atoms with Crippen molar-refractivity contribution < 1.29 is 4.92 Å². The number of anilines is 1. The minimum Gasteiger partial charge on any atom is -0.369 e. The molecule has 4 N–H and O–H groups in total. The molecular weight excluding hydrogens is 380 g/mol. The van der Waals surface area contributed by atoms with Gasteiger partial charge in [-0.25, -0.2) is 4.99 Å². The molecule has 28 heavy (non-hydrogen) atoms. The number of hydrogen-bond donors (Lipinski definition) is 2. The quantitative estimate of drug-likeness (QED) is 0.462. The van der Waals surface area contributed by atoms with Crippen LogP contribution in [-0.2, 0) is 0 Å². The second-order valence-electron chi connectivity index (χ2n) is 6.55. The summed E-state index contributed by atoms with van der Waals surface area (Å²) < 4.78 is 0. The van der Waals surface area contributed by atoms with Crippen LogP contribution in [0.1, 0.15) is 25.0 Å². The average molecular weight is 401 g/mol. The van der Waals surface area contributed by atoms with Gasteiger partial charge in [-0.1, -0.05) is 36.4 Å². The molecule has 8 nitrogen and oxygen atoms in total. The van der Waals surface area contributed by atoms with E-state index in [-0.39, 0.29) is 30.0 Å². The van der Waals surface area contributed by atoms with Gasteiger partial charge in [-0.15, -0.1) is 12.4 Å². The molecule has 1 aliphatic rings. The zero-order chi connectivity index (χ0) is 19.6. The lowest BCUT2D eigenvalue weighted by Crippen LogP contribution is -2.54. The van der Waals surface area contributed by atoms with Crippen LogP contribution in [0.5, 0.6) is 0 Å². The molecule has 1 aliphatic heterocycles. The van der Waals surface area contributed by atoms with Crippen molar-refractivity contribution in [2.24, 2.45) is 21.5 Å². The molecule has 3 rings (SSSR count). The van der Waals surface area contributed by atoms with Crippen LogP contribution in [0.15, 0.2) is 58.5 Å². The second kappa shape index (κ2) is 8.10. The van der Waals surface area contributed by atoms with Crippen LogP contribution in [0.25, 0.3) is 12.2 Å². The fourth-order valence-corrected chi connectivity index (χ4v) is 2.95. The largest absolute Gasteiger partial charge is 0.369 e. The van der Waals surface area contributed by atoms with E-state index in [2.05, 4.69) is 9.98 Å². The molecule has 9 heteroatoms. The number of hydrogen-bond acceptors (Lipinski definition) is 7. The smallest absolute Gasteiger partial charge is 0.270 e. The lowest BCUT2D eigenvalue weighted by molar-refractivity contribution is -0.384. The first-order valence-corrected chi connectivity index (χ1v) is 8.28. The van der Waals surface area contributed by atoms with Gasteiger partial charge in [-0.2, -0.15) is 4.99 Å². The van der Waals surface area contributed by atoms with E-state index in [1.54, 1.807) is 11.0 Å². The first-order chi connectivity index (χ1) is 12.8. The summed E-state index contributed by atoms with van der Waals surface area (Å²) in [6.07, 6.45) is 3.70. The van der Waals surface area contributed by atoms with Crippen molar-refractivity contribution in [1.29, 1.82) is 0 Å². The third-order valence-corrected chi connectivity index (χ3v) is 4.07. The van der Waals surface area contributed by atoms with Gasteiger partial charge < -0.3 is 11.5 Å². The molecule has 2 aromatic carbocycles. The Morgan fingerprint density at radius 3 is 2.29 bits per heavy atom. The number of aliphatic imine (C=N–C) groups is 2. The molecule has 0 aromatic heterocycles.